The summed E-state index contributed by atoms with van der Waals surface area (Å²) in [5.41, 5.74) is 7.28. The lowest BCUT2D eigenvalue weighted by Crippen LogP contribution is -2.08. The summed E-state index contributed by atoms with van der Waals surface area (Å²) in [5.74, 6) is 1.79. The predicted molar refractivity (Wildman–Crippen MR) is 121 cm³/mol. The molecule has 5 N–H and O–H groups in total. The normalized spacial score (nSPS) is 11.3. The van der Waals surface area contributed by atoms with E-state index < -0.39 is 7.60 Å². The summed E-state index contributed by atoms with van der Waals surface area (Å²) in [7, 11) is -3.09. The molecule has 0 saturated carbocycles. The Morgan fingerprint density at radius 2 is 1.74 bits per heavy atom. The van der Waals surface area contributed by atoms with Gasteiger partial charge in [-0.1, -0.05) is 24.3 Å². The van der Waals surface area contributed by atoms with Gasteiger partial charge in [0.15, 0.2) is 0 Å². The molecule has 0 saturated heterocycles. The molecule has 1 heterocycles. The molecular weight excluding hydrogens is 417 g/mol. The highest BCUT2D eigenvalue weighted by Crippen LogP contribution is 2.38. The van der Waals surface area contributed by atoms with Crippen LogP contribution in [0.4, 0.5) is 17.2 Å². The van der Waals surface area contributed by atoms with E-state index in [1.807, 2.05) is 30.3 Å². The van der Waals surface area contributed by atoms with Crippen molar-refractivity contribution in [1.82, 2.24) is 4.98 Å². The van der Waals surface area contributed by atoms with E-state index in [0.29, 0.717) is 28.7 Å². The van der Waals surface area contributed by atoms with Crippen molar-refractivity contribution in [3.8, 4) is 17.2 Å². The highest BCUT2D eigenvalue weighted by molar-refractivity contribution is 7.60. The van der Waals surface area contributed by atoms with Gasteiger partial charge in [-0.2, -0.15) is 0 Å². The molecule has 0 spiro atoms. The molecule has 0 atom stereocenters. The number of nitrogens with one attached hydrogen (secondary N) is 1. The van der Waals surface area contributed by atoms with Crippen molar-refractivity contribution in [2.24, 2.45) is 0 Å². The Kier molecular flexibility index (Phi) is 5.52. The van der Waals surface area contributed by atoms with E-state index in [2.05, 4.69) is 10.3 Å². The van der Waals surface area contributed by atoms with Crippen LogP contribution in [0, 0.1) is 0 Å². The van der Waals surface area contributed by atoms with Crippen LogP contribution in [0.3, 0.4) is 0 Å². The van der Waals surface area contributed by atoms with Gasteiger partial charge in [0, 0.05) is 40.5 Å². The second kappa shape index (κ2) is 8.28. The number of pyridine rings is 1. The van der Waals surface area contributed by atoms with E-state index >= 15 is 0 Å². The maximum absolute atomic E-state index is 11.6. The van der Waals surface area contributed by atoms with Crippen molar-refractivity contribution >= 4 is 40.9 Å². The van der Waals surface area contributed by atoms with Crippen molar-refractivity contribution < 1.29 is 23.8 Å². The molecule has 8 nitrogen and oxygen atoms in total. The largest absolute Gasteiger partial charge is 0.496 e. The Hall–Kier alpha value is -3.58. The molecule has 4 rings (SSSR count). The highest BCUT2D eigenvalue weighted by atomic mass is 31.2. The molecule has 9 heteroatoms. The first-order valence-corrected chi connectivity index (χ1v) is 10.9. The van der Waals surface area contributed by atoms with E-state index in [4.69, 9.17) is 15.2 Å². The van der Waals surface area contributed by atoms with Crippen LogP contribution in [0.15, 0.2) is 72.9 Å². The standard InChI is InChI=1S/C22H20N3O5P/c1-29-20-12-14(6-9-21(20)31(26,27)28)25-22-13-15(10-11-24-22)30-19-8-7-18(23)16-4-2-3-5-17(16)19/h2-13H,23H2,1H3,(H,24,25)(H2,26,27,28). The number of nitrogens with zero attached hydrogens (tertiary/aromatic N) is 1. The van der Waals surface area contributed by atoms with E-state index in [0.717, 1.165) is 10.8 Å². The average Bonchev–Trinajstić information content (AvgIpc) is 2.75. The topological polar surface area (TPSA) is 127 Å². The fraction of sp³-hybridized carbons (Fsp3) is 0.0455. The molecule has 158 valence electrons. The summed E-state index contributed by atoms with van der Waals surface area (Å²) in [6, 6.07) is 19.1. The van der Waals surface area contributed by atoms with Crippen LogP contribution in [0.2, 0.25) is 0 Å². The number of anilines is 3. The minimum atomic E-state index is -4.44. The van der Waals surface area contributed by atoms with Crippen molar-refractivity contribution in [3.63, 3.8) is 0 Å². The molecule has 1 aromatic heterocycles. The molecule has 0 amide bonds. The molecule has 0 bridgehead atoms. The van der Waals surface area contributed by atoms with Gasteiger partial charge >= 0.3 is 7.60 Å². The van der Waals surface area contributed by atoms with E-state index in [1.165, 1.54) is 19.2 Å². The minimum Gasteiger partial charge on any atom is -0.496 e. The molecule has 0 aliphatic rings. The Bertz CT molecular complexity index is 1310. The second-order valence-corrected chi connectivity index (χ2v) is 8.30. The van der Waals surface area contributed by atoms with Crippen LogP contribution in [0.5, 0.6) is 17.2 Å². The predicted octanol–water partition coefficient (Wildman–Crippen LogP) is 4.16. The first-order chi connectivity index (χ1) is 14.8. The lowest BCUT2D eigenvalue weighted by Gasteiger charge is -2.14. The van der Waals surface area contributed by atoms with Crippen molar-refractivity contribution in [1.29, 1.82) is 0 Å². The molecule has 3 aromatic carbocycles. The molecule has 0 aliphatic carbocycles. The van der Waals surface area contributed by atoms with Gasteiger partial charge in [0.2, 0.25) is 0 Å². The summed E-state index contributed by atoms with van der Waals surface area (Å²) in [6.45, 7) is 0. The number of methoxy groups -OCH3 is 1. The Balaban J connectivity index is 1.60. The van der Waals surface area contributed by atoms with Gasteiger partial charge < -0.3 is 30.3 Å². The van der Waals surface area contributed by atoms with Crippen LogP contribution in [0.25, 0.3) is 10.8 Å². The summed E-state index contributed by atoms with van der Waals surface area (Å²) in [5, 5.41) is 4.71. The number of aromatic nitrogens is 1. The first kappa shape index (κ1) is 20.7. The fourth-order valence-corrected chi connectivity index (χ4v) is 3.91. The van der Waals surface area contributed by atoms with Crippen molar-refractivity contribution in [2.75, 3.05) is 18.2 Å². The van der Waals surface area contributed by atoms with Gasteiger partial charge in [-0.3, -0.25) is 4.57 Å². The fourth-order valence-electron chi connectivity index (χ4n) is 3.20. The number of hydrogen-bond acceptors (Lipinski definition) is 6. The third-order valence-corrected chi connectivity index (χ3v) is 5.64. The summed E-state index contributed by atoms with van der Waals surface area (Å²) in [6.07, 6.45) is 1.60. The summed E-state index contributed by atoms with van der Waals surface area (Å²) >= 11 is 0. The zero-order valence-electron chi connectivity index (χ0n) is 16.5. The average molecular weight is 437 g/mol. The first-order valence-electron chi connectivity index (χ1n) is 9.27. The SMILES string of the molecule is COc1cc(Nc2cc(Oc3ccc(N)c4ccccc34)ccn2)ccc1P(=O)(O)O. The second-order valence-electron chi connectivity index (χ2n) is 6.73. The van der Waals surface area contributed by atoms with Crippen molar-refractivity contribution in [3.05, 3.63) is 72.9 Å². The van der Waals surface area contributed by atoms with Crippen molar-refractivity contribution in [2.45, 2.75) is 0 Å². The van der Waals surface area contributed by atoms with Crippen LogP contribution >= 0.6 is 7.60 Å². The zero-order valence-corrected chi connectivity index (χ0v) is 17.4. The van der Waals surface area contributed by atoms with Crippen LogP contribution in [-0.4, -0.2) is 21.9 Å². The maximum Gasteiger partial charge on any atom is 0.359 e. The number of fused-ring (bicyclic) bond motifs is 1. The van der Waals surface area contributed by atoms with Crippen LogP contribution in [0.1, 0.15) is 0 Å². The molecule has 0 aliphatic heterocycles. The molecule has 0 radical (unpaired) electrons. The number of ether oxygens (including phenoxy) is 2. The number of rotatable bonds is 6. The zero-order chi connectivity index (χ0) is 22.0. The number of nitrogens with two attached hydrogens (primary N) is 1. The smallest absolute Gasteiger partial charge is 0.359 e. The number of nitrogen functional groups attached to an aromatic ring is 1. The van der Waals surface area contributed by atoms with Gasteiger partial charge in [0.05, 0.1) is 7.11 Å². The van der Waals surface area contributed by atoms with Gasteiger partial charge in [-0.05, 0) is 30.3 Å². The molecule has 4 aromatic rings. The summed E-state index contributed by atoms with van der Waals surface area (Å²) < 4.78 is 22.8. The third-order valence-electron chi connectivity index (χ3n) is 4.64. The quantitative estimate of drug-likeness (QED) is 0.262. The highest BCUT2D eigenvalue weighted by Gasteiger charge is 2.22. The molecule has 0 fully saturated rings. The maximum atomic E-state index is 11.6. The Morgan fingerprint density at radius 3 is 2.48 bits per heavy atom. The van der Waals surface area contributed by atoms with E-state index in [1.54, 1.807) is 30.5 Å². The van der Waals surface area contributed by atoms with Crippen LogP contribution in [-0.2, 0) is 4.57 Å². The minimum absolute atomic E-state index is 0.0825. The van der Waals surface area contributed by atoms with Gasteiger partial charge in [0.25, 0.3) is 0 Å². The monoisotopic (exact) mass is 437 g/mol. The molecular formula is C22H20N3O5P. The van der Waals surface area contributed by atoms with Gasteiger partial charge in [-0.15, -0.1) is 0 Å². The molecule has 0 unspecified atom stereocenters. The lowest BCUT2D eigenvalue weighted by atomic mass is 10.1. The lowest BCUT2D eigenvalue weighted by molar-refractivity contribution is 0.380. The Morgan fingerprint density at radius 1 is 0.968 bits per heavy atom. The summed E-state index contributed by atoms with van der Waals surface area (Å²) in [4.78, 5) is 23.1. The third kappa shape index (κ3) is 4.46. The van der Waals surface area contributed by atoms with E-state index in [-0.39, 0.29) is 11.1 Å². The van der Waals surface area contributed by atoms with Crippen LogP contribution < -0.4 is 25.8 Å². The molecule has 31 heavy (non-hydrogen) atoms. The van der Waals surface area contributed by atoms with Gasteiger partial charge in [-0.25, -0.2) is 4.98 Å². The van der Waals surface area contributed by atoms with E-state index in [9.17, 15) is 14.4 Å². The number of benzene rings is 3. The number of hydrogen-bond donors (Lipinski definition) is 4. The van der Waals surface area contributed by atoms with Gasteiger partial charge in [0.1, 0.15) is 28.4 Å². The Labute approximate surface area is 178 Å².